The van der Waals surface area contributed by atoms with Crippen molar-refractivity contribution in [1.82, 2.24) is 21.3 Å². The van der Waals surface area contributed by atoms with Gasteiger partial charge in [0.15, 0.2) is 0 Å². The van der Waals surface area contributed by atoms with Crippen LogP contribution in [-0.2, 0) is 19.2 Å². The van der Waals surface area contributed by atoms with Gasteiger partial charge in [0, 0.05) is 23.8 Å². The first-order valence-electron chi connectivity index (χ1n) is 11.9. The quantitative estimate of drug-likeness (QED) is 0.333. The maximum atomic E-state index is 13.6. The number of amides is 4. The van der Waals surface area contributed by atoms with Crippen molar-refractivity contribution in [3.05, 3.63) is 0 Å². The molecule has 0 radical (unpaired) electrons. The van der Waals surface area contributed by atoms with Crippen LogP contribution in [0.4, 0.5) is 22.0 Å². The van der Waals surface area contributed by atoms with E-state index in [2.05, 4.69) is 16.0 Å². The number of carbonyl (C=O) groups excluding carboxylic acids is 4. The molecule has 0 aromatic carbocycles. The zero-order valence-corrected chi connectivity index (χ0v) is 20.6. The summed E-state index contributed by atoms with van der Waals surface area (Å²) in [5.41, 5.74) is -1.50. The fourth-order valence-electron chi connectivity index (χ4n) is 4.53. The van der Waals surface area contributed by atoms with E-state index in [4.69, 9.17) is 0 Å². The first kappa shape index (κ1) is 28.6. The number of hydrogen-bond donors (Lipinski definition) is 4. The lowest BCUT2D eigenvalue weighted by Crippen LogP contribution is -2.60. The Morgan fingerprint density at radius 3 is 2.08 bits per heavy atom. The van der Waals surface area contributed by atoms with E-state index in [1.807, 2.05) is 6.07 Å². The van der Waals surface area contributed by atoms with Gasteiger partial charge in [-0.1, -0.05) is 20.8 Å². The third-order valence-electron chi connectivity index (χ3n) is 7.01. The van der Waals surface area contributed by atoms with Crippen LogP contribution in [-0.4, -0.2) is 59.4 Å². The van der Waals surface area contributed by atoms with Crippen molar-refractivity contribution in [1.29, 1.82) is 5.26 Å². The third-order valence-corrected chi connectivity index (χ3v) is 7.01. The van der Waals surface area contributed by atoms with Gasteiger partial charge >= 0.3 is 12.1 Å². The molecule has 0 aromatic heterocycles. The highest BCUT2D eigenvalue weighted by atomic mass is 19.4. The molecule has 0 aromatic rings. The number of nitriles is 1. The monoisotopic (exact) mass is 535 g/mol. The number of rotatable bonds is 9. The van der Waals surface area contributed by atoms with E-state index in [1.54, 1.807) is 5.32 Å². The van der Waals surface area contributed by atoms with E-state index < -0.39 is 78.0 Å². The minimum Gasteiger partial charge on any atom is -0.350 e. The molecule has 1 heterocycles. The fourth-order valence-corrected chi connectivity index (χ4v) is 4.53. The number of nitrogens with one attached hydrogen (secondary N) is 4. The Labute approximate surface area is 210 Å². The van der Waals surface area contributed by atoms with Crippen molar-refractivity contribution < 1.29 is 41.1 Å². The molecule has 3 fully saturated rings. The maximum absolute atomic E-state index is 13.6. The molecule has 3 rings (SSSR count). The van der Waals surface area contributed by atoms with E-state index in [9.17, 15) is 46.4 Å². The van der Waals surface area contributed by atoms with Crippen LogP contribution in [0.5, 0.6) is 0 Å². The maximum Gasteiger partial charge on any atom is 0.471 e. The standard InChI is InChI=1S/C23H30F5N5O4/c1-20(2,3)15(32-19(37)23(26,27)28)18(36)31-14(7-12-9-22(12,24)25)17(35)30-13(10-29)6-11-8-21(4-5-21)33-16(11)34/h11-15H,4-9H2,1-3H3,(H,30,35)(H,31,36)(H,32,37)(H,33,34)/t11-,12?,13+,14+,15-/m1/s1. The molecule has 4 amide bonds. The molecule has 9 nitrogen and oxygen atoms in total. The normalized spacial score (nSPS) is 25.8. The third kappa shape index (κ3) is 7.07. The summed E-state index contributed by atoms with van der Waals surface area (Å²) in [5, 5.41) is 18.5. The first-order valence-corrected chi connectivity index (χ1v) is 11.9. The molecular weight excluding hydrogens is 505 g/mol. The number of halogens is 5. The minimum atomic E-state index is -5.28. The first-order chi connectivity index (χ1) is 16.9. The highest BCUT2D eigenvalue weighted by Crippen LogP contribution is 2.51. The molecule has 0 bridgehead atoms. The molecule has 2 saturated carbocycles. The van der Waals surface area contributed by atoms with Crippen molar-refractivity contribution in [2.45, 2.75) is 95.1 Å². The van der Waals surface area contributed by atoms with Crippen LogP contribution in [0, 0.1) is 28.6 Å². The summed E-state index contributed by atoms with van der Waals surface area (Å²) in [7, 11) is 0. The summed E-state index contributed by atoms with van der Waals surface area (Å²) in [6.07, 6.45) is -4.22. The number of carbonyl (C=O) groups is 4. The van der Waals surface area contributed by atoms with Gasteiger partial charge in [0.2, 0.25) is 17.7 Å². The topological polar surface area (TPSA) is 140 Å². The average molecular weight is 536 g/mol. The van der Waals surface area contributed by atoms with Crippen molar-refractivity contribution >= 4 is 23.6 Å². The molecule has 14 heteroatoms. The van der Waals surface area contributed by atoms with Crippen LogP contribution in [0.2, 0.25) is 0 Å². The Kier molecular flexibility index (Phi) is 7.51. The van der Waals surface area contributed by atoms with Gasteiger partial charge in [0.25, 0.3) is 5.92 Å². The van der Waals surface area contributed by atoms with Gasteiger partial charge in [-0.2, -0.15) is 18.4 Å². The zero-order chi connectivity index (χ0) is 28.0. The summed E-state index contributed by atoms with van der Waals surface area (Å²) < 4.78 is 65.6. The Bertz CT molecular complexity index is 999. The largest absolute Gasteiger partial charge is 0.471 e. The predicted octanol–water partition coefficient (Wildman–Crippen LogP) is 1.68. The second-order valence-electron chi connectivity index (χ2n) is 11.3. The molecule has 1 unspecified atom stereocenters. The van der Waals surface area contributed by atoms with Gasteiger partial charge < -0.3 is 21.3 Å². The number of nitrogens with zero attached hydrogens (tertiary/aromatic N) is 1. The molecule has 206 valence electrons. The predicted molar refractivity (Wildman–Crippen MR) is 117 cm³/mol. The lowest BCUT2D eigenvalue weighted by Gasteiger charge is -2.32. The molecule has 1 aliphatic heterocycles. The highest BCUT2D eigenvalue weighted by molar-refractivity contribution is 5.93. The van der Waals surface area contributed by atoms with Crippen LogP contribution in [0.15, 0.2) is 0 Å². The van der Waals surface area contributed by atoms with E-state index in [-0.39, 0.29) is 17.9 Å². The van der Waals surface area contributed by atoms with E-state index in [0.29, 0.717) is 6.42 Å². The van der Waals surface area contributed by atoms with Crippen LogP contribution < -0.4 is 21.3 Å². The molecule has 2 aliphatic carbocycles. The highest BCUT2D eigenvalue weighted by Gasteiger charge is 2.58. The summed E-state index contributed by atoms with van der Waals surface area (Å²) >= 11 is 0. The Balaban J connectivity index is 1.71. The van der Waals surface area contributed by atoms with Gasteiger partial charge in [-0.05, 0) is 37.5 Å². The van der Waals surface area contributed by atoms with E-state index in [0.717, 1.165) is 12.8 Å². The van der Waals surface area contributed by atoms with Crippen molar-refractivity contribution in [2.75, 3.05) is 0 Å². The van der Waals surface area contributed by atoms with Crippen molar-refractivity contribution in [3.8, 4) is 6.07 Å². The minimum absolute atomic E-state index is 0.0255. The SMILES string of the molecule is CC(C)(C)[C@H](NC(=O)C(F)(F)F)C(=O)N[C@@H](CC1CC1(F)F)C(=O)N[C@H](C#N)C[C@@H]1CC2(CC2)NC1=O. The van der Waals surface area contributed by atoms with Crippen LogP contribution in [0.1, 0.15) is 59.3 Å². The number of hydrogen-bond acceptors (Lipinski definition) is 5. The van der Waals surface area contributed by atoms with E-state index >= 15 is 0 Å². The molecule has 37 heavy (non-hydrogen) atoms. The summed E-state index contributed by atoms with van der Waals surface area (Å²) in [5.74, 6) is -9.63. The average Bonchev–Trinajstić information content (AvgIpc) is 3.61. The molecule has 1 spiro atoms. The lowest BCUT2D eigenvalue weighted by atomic mass is 9.85. The van der Waals surface area contributed by atoms with Gasteiger partial charge in [0.05, 0.1) is 6.07 Å². The van der Waals surface area contributed by atoms with Gasteiger partial charge in [-0.15, -0.1) is 0 Å². The van der Waals surface area contributed by atoms with E-state index in [1.165, 1.54) is 20.8 Å². The summed E-state index contributed by atoms with van der Waals surface area (Å²) in [6, 6.07) is -2.67. The molecule has 5 atom stereocenters. The van der Waals surface area contributed by atoms with Crippen LogP contribution in [0.3, 0.4) is 0 Å². The smallest absolute Gasteiger partial charge is 0.350 e. The fraction of sp³-hybridized carbons (Fsp3) is 0.783. The second kappa shape index (κ2) is 9.72. The lowest BCUT2D eigenvalue weighted by molar-refractivity contribution is -0.175. The Hall–Kier alpha value is -2.98. The summed E-state index contributed by atoms with van der Waals surface area (Å²) in [6.45, 7) is 4.13. The molecule has 3 aliphatic rings. The van der Waals surface area contributed by atoms with Gasteiger partial charge in [-0.3, -0.25) is 19.2 Å². The number of alkyl halides is 5. The summed E-state index contributed by atoms with van der Waals surface area (Å²) in [4.78, 5) is 49.6. The van der Waals surface area contributed by atoms with Crippen LogP contribution in [0.25, 0.3) is 0 Å². The molecule has 1 saturated heterocycles. The van der Waals surface area contributed by atoms with Gasteiger partial charge in [-0.25, -0.2) is 8.78 Å². The second-order valence-corrected chi connectivity index (χ2v) is 11.3. The van der Waals surface area contributed by atoms with Crippen molar-refractivity contribution in [2.24, 2.45) is 17.3 Å². The molecular formula is C23H30F5N5O4. The Morgan fingerprint density at radius 2 is 1.65 bits per heavy atom. The Morgan fingerprint density at radius 1 is 1.05 bits per heavy atom. The van der Waals surface area contributed by atoms with Crippen molar-refractivity contribution in [3.63, 3.8) is 0 Å². The zero-order valence-electron chi connectivity index (χ0n) is 20.6. The van der Waals surface area contributed by atoms with Gasteiger partial charge in [0.1, 0.15) is 18.1 Å². The molecule has 4 N–H and O–H groups in total. The van der Waals surface area contributed by atoms with Crippen LogP contribution >= 0.6 is 0 Å².